The van der Waals surface area contributed by atoms with Crippen molar-refractivity contribution < 1.29 is 4.79 Å². The summed E-state index contributed by atoms with van der Waals surface area (Å²) in [5.74, 6) is -0.138. The quantitative estimate of drug-likeness (QED) is 0.493. The van der Waals surface area contributed by atoms with E-state index in [1.54, 1.807) is 16.8 Å². The molecule has 7 nitrogen and oxygen atoms in total. The van der Waals surface area contributed by atoms with Crippen molar-refractivity contribution in [2.24, 2.45) is 0 Å². The van der Waals surface area contributed by atoms with Gasteiger partial charge in [-0.15, -0.1) is 5.10 Å². The van der Waals surface area contributed by atoms with E-state index >= 15 is 0 Å². The topological polar surface area (TPSA) is 85.6 Å². The molecule has 10 heteroatoms. The van der Waals surface area contributed by atoms with Crippen molar-refractivity contribution in [3.63, 3.8) is 0 Å². The number of rotatable bonds is 5. The van der Waals surface area contributed by atoms with Crippen LogP contribution in [0.25, 0.3) is 5.69 Å². The minimum atomic E-state index is -0.252. The van der Waals surface area contributed by atoms with E-state index in [-0.39, 0.29) is 22.0 Å². The Balaban J connectivity index is 1.73. The SMILES string of the molecule is Cc1cc(C)c(-n2nnnc2SCC(=O)Nc2ccc(Cl)nc2Cl)c(C)c1. The van der Waals surface area contributed by atoms with Crippen LogP contribution in [0.15, 0.2) is 29.4 Å². The lowest BCUT2D eigenvalue weighted by Crippen LogP contribution is -2.15. The Morgan fingerprint density at radius 1 is 1.19 bits per heavy atom. The molecule has 1 N–H and O–H groups in total. The number of halogens is 2. The molecule has 0 aliphatic heterocycles. The van der Waals surface area contributed by atoms with E-state index in [9.17, 15) is 4.79 Å². The Morgan fingerprint density at radius 2 is 1.89 bits per heavy atom. The fourth-order valence-corrected chi connectivity index (χ4v) is 3.81. The molecule has 2 aromatic heterocycles. The molecular weight excluding hydrogens is 407 g/mol. The zero-order valence-electron chi connectivity index (χ0n) is 14.8. The van der Waals surface area contributed by atoms with Crippen LogP contribution in [0.3, 0.4) is 0 Å². The third kappa shape index (κ3) is 4.58. The molecule has 0 bridgehead atoms. The molecule has 140 valence electrons. The standard InChI is InChI=1S/C17H16Cl2N6OS/c1-9-6-10(2)15(11(3)7-9)25-17(22-23-24-25)27-8-14(26)20-12-4-5-13(18)21-16(12)19/h4-7H,8H2,1-3H3,(H,20,26). The van der Waals surface area contributed by atoms with Crippen molar-refractivity contribution in [2.75, 3.05) is 11.1 Å². The lowest BCUT2D eigenvalue weighted by Gasteiger charge is -2.12. The fraction of sp³-hybridized carbons (Fsp3) is 0.235. The van der Waals surface area contributed by atoms with E-state index in [2.05, 4.69) is 38.0 Å². The number of carbonyl (C=O) groups excluding carboxylic acids is 1. The summed E-state index contributed by atoms with van der Waals surface area (Å²) in [7, 11) is 0. The number of benzene rings is 1. The number of hydrogen-bond acceptors (Lipinski definition) is 6. The van der Waals surface area contributed by atoms with Crippen molar-refractivity contribution >= 4 is 46.6 Å². The highest BCUT2D eigenvalue weighted by atomic mass is 35.5. The van der Waals surface area contributed by atoms with Gasteiger partial charge in [0.05, 0.1) is 17.1 Å². The van der Waals surface area contributed by atoms with Gasteiger partial charge >= 0.3 is 0 Å². The van der Waals surface area contributed by atoms with Crippen molar-refractivity contribution in [2.45, 2.75) is 25.9 Å². The number of carbonyl (C=O) groups is 1. The van der Waals surface area contributed by atoms with Gasteiger partial charge in [0.15, 0.2) is 5.15 Å². The first-order chi connectivity index (χ1) is 12.8. The van der Waals surface area contributed by atoms with Gasteiger partial charge in [-0.3, -0.25) is 4.79 Å². The molecule has 0 unspecified atom stereocenters. The smallest absolute Gasteiger partial charge is 0.234 e. The van der Waals surface area contributed by atoms with Gasteiger partial charge in [-0.05, 0) is 54.5 Å². The number of aromatic nitrogens is 5. The van der Waals surface area contributed by atoms with Gasteiger partial charge in [-0.1, -0.05) is 52.7 Å². The molecule has 0 saturated carbocycles. The monoisotopic (exact) mass is 422 g/mol. The summed E-state index contributed by atoms with van der Waals surface area (Å²) in [6, 6.07) is 7.30. The third-order valence-electron chi connectivity index (χ3n) is 3.71. The number of thioether (sulfide) groups is 1. The van der Waals surface area contributed by atoms with Crippen molar-refractivity contribution in [1.29, 1.82) is 0 Å². The summed E-state index contributed by atoms with van der Waals surface area (Å²) in [4.78, 5) is 16.1. The average Bonchev–Trinajstić information content (AvgIpc) is 3.03. The minimum Gasteiger partial charge on any atom is -0.323 e. The molecule has 0 aliphatic rings. The van der Waals surface area contributed by atoms with Gasteiger partial charge in [0.2, 0.25) is 11.1 Å². The summed E-state index contributed by atoms with van der Waals surface area (Å²) in [5, 5.41) is 15.5. The number of amides is 1. The molecule has 0 spiro atoms. The molecule has 3 rings (SSSR count). The van der Waals surface area contributed by atoms with E-state index in [1.807, 2.05) is 20.8 Å². The van der Waals surface area contributed by atoms with Gasteiger partial charge in [0, 0.05) is 0 Å². The third-order valence-corrected chi connectivity index (χ3v) is 5.13. The second-order valence-electron chi connectivity index (χ2n) is 5.93. The van der Waals surface area contributed by atoms with E-state index in [0.29, 0.717) is 10.8 Å². The maximum Gasteiger partial charge on any atom is 0.234 e. The predicted molar refractivity (Wildman–Crippen MR) is 107 cm³/mol. The zero-order chi connectivity index (χ0) is 19.6. The van der Waals surface area contributed by atoms with Gasteiger partial charge in [0.25, 0.3) is 0 Å². The molecule has 0 saturated heterocycles. The molecule has 0 fully saturated rings. The molecule has 0 atom stereocenters. The van der Waals surface area contributed by atoms with Crippen LogP contribution in [-0.2, 0) is 4.79 Å². The summed E-state index contributed by atoms with van der Waals surface area (Å²) < 4.78 is 1.65. The Labute approximate surface area is 170 Å². The van der Waals surface area contributed by atoms with Crippen LogP contribution in [0.4, 0.5) is 5.69 Å². The van der Waals surface area contributed by atoms with Crippen LogP contribution < -0.4 is 5.32 Å². The van der Waals surface area contributed by atoms with Crippen molar-refractivity contribution in [1.82, 2.24) is 25.2 Å². The number of pyridine rings is 1. The second kappa shape index (κ2) is 8.24. The first-order valence-electron chi connectivity index (χ1n) is 7.96. The van der Waals surface area contributed by atoms with Crippen LogP contribution in [-0.4, -0.2) is 36.9 Å². The van der Waals surface area contributed by atoms with Gasteiger partial charge in [-0.25, -0.2) is 4.98 Å². The van der Waals surface area contributed by atoms with Crippen molar-refractivity contribution in [3.8, 4) is 5.69 Å². The predicted octanol–water partition coefficient (Wildman–Crippen LogP) is 4.02. The van der Waals surface area contributed by atoms with E-state index in [4.69, 9.17) is 23.2 Å². The molecule has 2 heterocycles. The number of nitrogens with one attached hydrogen (secondary N) is 1. The van der Waals surface area contributed by atoms with Crippen LogP contribution in [0.2, 0.25) is 10.3 Å². The van der Waals surface area contributed by atoms with E-state index in [0.717, 1.165) is 16.8 Å². The Morgan fingerprint density at radius 3 is 2.56 bits per heavy atom. The maximum atomic E-state index is 12.2. The first-order valence-corrected chi connectivity index (χ1v) is 9.70. The van der Waals surface area contributed by atoms with Gasteiger partial charge < -0.3 is 5.32 Å². The number of tetrazole rings is 1. The normalized spacial score (nSPS) is 10.9. The molecule has 27 heavy (non-hydrogen) atoms. The van der Waals surface area contributed by atoms with Gasteiger partial charge in [0.1, 0.15) is 5.15 Å². The molecule has 3 aromatic rings. The average molecular weight is 423 g/mol. The summed E-state index contributed by atoms with van der Waals surface area (Å²) in [6.45, 7) is 6.06. The highest BCUT2D eigenvalue weighted by Crippen LogP contribution is 2.25. The van der Waals surface area contributed by atoms with Gasteiger partial charge in [-0.2, -0.15) is 4.68 Å². The molecule has 0 radical (unpaired) electrons. The lowest BCUT2D eigenvalue weighted by atomic mass is 10.1. The van der Waals surface area contributed by atoms with E-state index < -0.39 is 0 Å². The number of anilines is 1. The molecule has 1 aromatic carbocycles. The van der Waals surface area contributed by atoms with Crippen LogP contribution >= 0.6 is 35.0 Å². The highest BCUT2D eigenvalue weighted by Gasteiger charge is 2.16. The number of hydrogen-bond donors (Lipinski definition) is 1. The molecule has 0 aliphatic carbocycles. The summed E-state index contributed by atoms with van der Waals surface area (Å²) in [6.07, 6.45) is 0. The Hall–Kier alpha value is -2.16. The lowest BCUT2D eigenvalue weighted by molar-refractivity contribution is -0.113. The van der Waals surface area contributed by atoms with Crippen LogP contribution in [0.5, 0.6) is 0 Å². The van der Waals surface area contributed by atoms with Crippen LogP contribution in [0.1, 0.15) is 16.7 Å². The first kappa shape index (κ1) is 19.6. The molecular formula is C17H16Cl2N6OS. The second-order valence-corrected chi connectivity index (χ2v) is 7.62. The Bertz CT molecular complexity index is 984. The fourth-order valence-electron chi connectivity index (χ4n) is 2.74. The minimum absolute atomic E-state index is 0.114. The summed E-state index contributed by atoms with van der Waals surface area (Å²) >= 11 is 13.0. The number of aryl methyl sites for hydroxylation is 3. The largest absolute Gasteiger partial charge is 0.323 e. The zero-order valence-corrected chi connectivity index (χ0v) is 17.2. The maximum absolute atomic E-state index is 12.2. The van der Waals surface area contributed by atoms with E-state index in [1.165, 1.54) is 17.3 Å². The van der Waals surface area contributed by atoms with Crippen LogP contribution in [0, 0.1) is 20.8 Å². The number of nitrogens with zero attached hydrogens (tertiary/aromatic N) is 5. The van der Waals surface area contributed by atoms with Crippen molar-refractivity contribution in [3.05, 3.63) is 51.3 Å². The summed E-state index contributed by atoms with van der Waals surface area (Å²) in [5.41, 5.74) is 4.61. The Kier molecular flexibility index (Phi) is 5.98. The highest BCUT2D eigenvalue weighted by molar-refractivity contribution is 7.99. The molecule has 1 amide bonds.